The average Bonchev–Trinajstić information content (AvgIpc) is 2.82. The Kier molecular flexibility index (Phi) is 6.98. The second-order valence-corrected chi connectivity index (χ2v) is 7.49. The second-order valence-electron chi connectivity index (χ2n) is 7.49. The maximum Gasteiger partial charge on any atom is 0.255 e. The molecule has 0 aliphatic heterocycles. The van der Waals surface area contributed by atoms with Crippen LogP contribution < -0.4 is 20.7 Å². The largest absolute Gasteiger partial charge is 0.457 e. The Morgan fingerprint density at radius 1 is 0.912 bits per heavy atom. The van der Waals surface area contributed by atoms with E-state index in [1.807, 2.05) is 32.0 Å². The summed E-state index contributed by atoms with van der Waals surface area (Å²) in [4.78, 5) is 21.5. The van der Waals surface area contributed by atoms with Gasteiger partial charge in [-0.2, -0.15) is 4.98 Å². The third kappa shape index (κ3) is 6.07. The molecule has 8 heteroatoms. The van der Waals surface area contributed by atoms with E-state index in [2.05, 4.69) is 25.9 Å². The lowest BCUT2D eigenvalue weighted by Crippen LogP contribution is -2.11. The van der Waals surface area contributed by atoms with Gasteiger partial charge in [-0.1, -0.05) is 6.07 Å². The first-order valence-electron chi connectivity index (χ1n) is 10.8. The van der Waals surface area contributed by atoms with Crippen molar-refractivity contribution in [3.63, 3.8) is 0 Å². The molecule has 0 atom stereocenters. The molecule has 0 spiro atoms. The van der Waals surface area contributed by atoms with Crippen molar-refractivity contribution < 1.29 is 13.9 Å². The molecule has 0 unspecified atom stereocenters. The number of aromatic nitrogens is 2. The van der Waals surface area contributed by atoms with Gasteiger partial charge >= 0.3 is 0 Å². The number of halogens is 1. The normalized spacial score (nSPS) is 10.4. The van der Waals surface area contributed by atoms with Crippen LogP contribution in [-0.4, -0.2) is 22.4 Å². The molecule has 7 nitrogen and oxygen atoms in total. The second kappa shape index (κ2) is 10.4. The Morgan fingerprint density at radius 3 is 2.38 bits per heavy atom. The monoisotopic (exact) mass is 457 g/mol. The van der Waals surface area contributed by atoms with Crippen molar-refractivity contribution in [1.29, 1.82) is 0 Å². The maximum atomic E-state index is 13.1. The van der Waals surface area contributed by atoms with Gasteiger partial charge in [-0.3, -0.25) is 4.79 Å². The van der Waals surface area contributed by atoms with Gasteiger partial charge in [0.25, 0.3) is 5.91 Å². The summed E-state index contributed by atoms with van der Waals surface area (Å²) < 4.78 is 18.8. The third-order valence-corrected chi connectivity index (χ3v) is 4.75. The molecule has 0 aliphatic rings. The van der Waals surface area contributed by atoms with Crippen molar-refractivity contribution in [3.8, 4) is 11.5 Å². The van der Waals surface area contributed by atoms with E-state index >= 15 is 0 Å². The lowest BCUT2D eigenvalue weighted by Gasteiger charge is -2.11. The number of hydrogen-bond donors (Lipinski definition) is 3. The molecule has 0 radical (unpaired) electrons. The molecular weight excluding hydrogens is 433 g/mol. The Hall–Kier alpha value is -4.46. The first kappa shape index (κ1) is 22.7. The fraction of sp³-hybridized carbons (Fsp3) is 0.115. The molecule has 0 saturated carbocycles. The number of nitrogens with zero attached hydrogens (tertiary/aromatic N) is 2. The molecule has 1 amide bonds. The van der Waals surface area contributed by atoms with E-state index in [9.17, 15) is 9.18 Å². The summed E-state index contributed by atoms with van der Waals surface area (Å²) in [5, 5.41) is 9.23. The van der Waals surface area contributed by atoms with Crippen LogP contribution in [0, 0.1) is 12.7 Å². The molecule has 0 fully saturated rings. The molecule has 34 heavy (non-hydrogen) atoms. The van der Waals surface area contributed by atoms with Gasteiger partial charge in [0.15, 0.2) is 0 Å². The van der Waals surface area contributed by atoms with Crippen LogP contribution in [0.4, 0.5) is 27.5 Å². The van der Waals surface area contributed by atoms with Gasteiger partial charge in [-0.05, 0) is 80.6 Å². The Bertz CT molecular complexity index is 1280. The first-order chi connectivity index (χ1) is 16.5. The molecule has 4 aromatic rings. The minimum Gasteiger partial charge on any atom is -0.457 e. The number of rotatable bonds is 8. The van der Waals surface area contributed by atoms with Crippen molar-refractivity contribution in [3.05, 3.63) is 95.9 Å². The summed E-state index contributed by atoms with van der Waals surface area (Å²) in [5.74, 6) is 1.60. The highest BCUT2D eigenvalue weighted by atomic mass is 19.1. The van der Waals surface area contributed by atoms with Gasteiger partial charge in [-0.15, -0.1) is 0 Å². The predicted octanol–water partition coefficient (Wildman–Crippen LogP) is 6.14. The maximum absolute atomic E-state index is 13.1. The molecule has 3 aromatic carbocycles. The lowest BCUT2D eigenvalue weighted by atomic mass is 10.2. The molecule has 0 saturated heterocycles. The minimum absolute atomic E-state index is 0.271. The number of anilines is 4. The van der Waals surface area contributed by atoms with E-state index in [-0.39, 0.29) is 11.7 Å². The lowest BCUT2D eigenvalue weighted by molar-refractivity contribution is 0.102. The fourth-order valence-electron chi connectivity index (χ4n) is 3.20. The van der Waals surface area contributed by atoms with E-state index in [1.54, 1.807) is 36.4 Å². The summed E-state index contributed by atoms with van der Waals surface area (Å²) in [6.45, 7) is 4.63. The number of carbonyl (C=O) groups excluding carboxylic acids is 1. The van der Waals surface area contributed by atoms with Gasteiger partial charge < -0.3 is 20.7 Å². The highest BCUT2D eigenvalue weighted by Gasteiger charge is 2.09. The van der Waals surface area contributed by atoms with Gasteiger partial charge in [-0.25, -0.2) is 9.37 Å². The summed E-state index contributed by atoms with van der Waals surface area (Å²) >= 11 is 0. The van der Waals surface area contributed by atoms with Gasteiger partial charge in [0.05, 0.1) is 0 Å². The molecule has 4 rings (SSSR count). The molecule has 0 aliphatic carbocycles. The van der Waals surface area contributed by atoms with E-state index in [0.717, 1.165) is 17.9 Å². The van der Waals surface area contributed by atoms with Crippen molar-refractivity contribution in [1.82, 2.24) is 9.97 Å². The predicted molar refractivity (Wildman–Crippen MR) is 132 cm³/mol. The van der Waals surface area contributed by atoms with Crippen molar-refractivity contribution in [2.24, 2.45) is 0 Å². The number of nitrogens with one attached hydrogen (secondary N) is 3. The smallest absolute Gasteiger partial charge is 0.255 e. The average molecular weight is 458 g/mol. The van der Waals surface area contributed by atoms with Gasteiger partial charge in [0, 0.05) is 35.2 Å². The number of benzene rings is 3. The number of hydrogen-bond acceptors (Lipinski definition) is 6. The zero-order valence-corrected chi connectivity index (χ0v) is 18.8. The highest BCUT2D eigenvalue weighted by Crippen LogP contribution is 2.24. The van der Waals surface area contributed by atoms with Crippen molar-refractivity contribution in [2.45, 2.75) is 13.8 Å². The molecule has 1 aromatic heterocycles. The Balaban J connectivity index is 1.40. The van der Waals surface area contributed by atoms with Crippen molar-refractivity contribution in [2.75, 3.05) is 22.5 Å². The Labute approximate surface area is 197 Å². The van der Waals surface area contributed by atoms with Crippen LogP contribution in [-0.2, 0) is 0 Å². The minimum atomic E-state index is -0.341. The standard InChI is InChI=1S/C26H24FN5O2/c1-3-28-26-29-17(2)15-24(32-26)30-20-9-11-21(12-10-20)31-25(33)18-5-4-6-23(16-18)34-22-13-7-19(27)8-14-22/h4-16H,3H2,1-2H3,(H,31,33)(H2,28,29,30,32). The van der Waals surface area contributed by atoms with E-state index < -0.39 is 0 Å². The summed E-state index contributed by atoms with van der Waals surface area (Å²) in [7, 11) is 0. The number of aryl methyl sites for hydroxylation is 1. The highest BCUT2D eigenvalue weighted by molar-refractivity contribution is 6.04. The summed E-state index contributed by atoms with van der Waals surface area (Å²) in [6.07, 6.45) is 0. The molecular formula is C26H24FN5O2. The number of ether oxygens (including phenoxy) is 1. The van der Waals surface area contributed by atoms with Crippen LogP contribution in [0.25, 0.3) is 0 Å². The SMILES string of the molecule is CCNc1nc(C)cc(Nc2ccc(NC(=O)c3cccc(Oc4ccc(F)cc4)c3)cc2)n1. The van der Waals surface area contributed by atoms with E-state index in [0.29, 0.717) is 34.5 Å². The van der Waals surface area contributed by atoms with Crippen LogP contribution in [0.2, 0.25) is 0 Å². The Morgan fingerprint density at radius 2 is 1.65 bits per heavy atom. The van der Waals surface area contributed by atoms with Gasteiger partial charge in [0.2, 0.25) is 5.95 Å². The van der Waals surface area contributed by atoms with Crippen molar-refractivity contribution >= 4 is 29.0 Å². The molecule has 1 heterocycles. The first-order valence-corrected chi connectivity index (χ1v) is 10.8. The zero-order valence-electron chi connectivity index (χ0n) is 18.8. The zero-order chi connectivity index (χ0) is 23.9. The van der Waals surface area contributed by atoms with E-state index in [1.165, 1.54) is 24.3 Å². The molecule has 3 N–H and O–H groups in total. The van der Waals surface area contributed by atoms with Crippen LogP contribution >= 0.6 is 0 Å². The quantitative estimate of drug-likeness (QED) is 0.294. The van der Waals surface area contributed by atoms with E-state index in [4.69, 9.17) is 4.74 Å². The van der Waals surface area contributed by atoms with Crippen LogP contribution in [0.15, 0.2) is 78.9 Å². The fourth-order valence-corrected chi connectivity index (χ4v) is 3.20. The summed E-state index contributed by atoms with van der Waals surface area (Å²) in [6, 6.07) is 21.7. The number of carbonyl (C=O) groups is 1. The topological polar surface area (TPSA) is 88.2 Å². The van der Waals surface area contributed by atoms with Crippen LogP contribution in [0.1, 0.15) is 23.0 Å². The summed E-state index contributed by atoms with van der Waals surface area (Å²) in [5.41, 5.74) is 2.76. The van der Waals surface area contributed by atoms with Crippen LogP contribution in [0.5, 0.6) is 11.5 Å². The number of amides is 1. The molecule has 0 bridgehead atoms. The molecule has 172 valence electrons. The third-order valence-electron chi connectivity index (χ3n) is 4.75. The van der Waals surface area contributed by atoms with Gasteiger partial charge in [0.1, 0.15) is 23.1 Å². The van der Waals surface area contributed by atoms with Crippen LogP contribution in [0.3, 0.4) is 0 Å².